The topological polar surface area (TPSA) is 62.8 Å². The Hall–Kier alpha value is -1.64. The third-order valence-electron chi connectivity index (χ3n) is 1.98. The molecule has 1 heterocycles. The van der Waals surface area contributed by atoms with E-state index in [2.05, 4.69) is 4.98 Å². The van der Waals surface area contributed by atoms with Crippen LogP contribution in [0.1, 0.15) is 19.5 Å². The van der Waals surface area contributed by atoms with Crippen LogP contribution in [0.5, 0.6) is 0 Å². The van der Waals surface area contributed by atoms with Crippen molar-refractivity contribution in [1.29, 1.82) is 5.41 Å². The first-order valence-corrected chi connectivity index (χ1v) is 4.59. The van der Waals surface area contributed by atoms with Crippen LogP contribution in [-0.2, 0) is 0 Å². The van der Waals surface area contributed by atoms with Crippen LogP contribution >= 0.6 is 0 Å². The van der Waals surface area contributed by atoms with E-state index in [1.54, 1.807) is 6.20 Å². The molecule has 0 radical (unpaired) electrons. The molecule has 14 heavy (non-hydrogen) atoms. The minimum absolute atomic E-state index is 0.159. The average Bonchev–Trinajstić information content (AvgIpc) is 2.20. The van der Waals surface area contributed by atoms with Gasteiger partial charge in [-0.1, -0.05) is 19.9 Å². The number of rotatable bonds is 3. The highest BCUT2D eigenvalue weighted by Gasteiger charge is 2.11. The van der Waals surface area contributed by atoms with Crippen LogP contribution in [0.15, 0.2) is 30.6 Å². The van der Waals surface area contributed by atoms with Crippen molar-refractivity contribution in [2.24, 2.45) is 11.7 Å². The molecule has 0 atom stereocenters. The molecule has 0 unspecified atom stereocenters. The van der Waals surface area contributed by atoms with Gasteiger partial charge in [-0.2, -0.15) is 0 Å². The largest absolute Gasteiger partial charge is 0.404 e. The first kappa shape index (κ1) is 10.4. The summed E-state index contributed by atoms with van der Waals surface area (Å²) in [7, 11) is 0. The second kappa shape index (κ2) is 4.56. The maximum atomic E-state index is 7.85. The number of hydrogen-bond acceptors (Lipinski definition) is 3. The van der Waals surface area contributed by atoms with Crippen molar-refractivity contribution < 1.29 is 0 Å². The Morgan fingerprint density at radius 2 is 2.21 bits per heavy atom. The van der Waals surface area contributed by atoms with Crippen molar-refractivity contribution in [3.05, 3.63) is 36.3 Å². The average molecular weight is 189 g/mol. The van der Waals surface area contributed by atoms with Crippen LogP contribution in [0.4, 0.5) is 0 Å². The normalized spacial score (nSPS) is 11.8. The van der Waals surface area contributed by atoms with Gasteiger partial charge in [-0.25, -0.2) is 0 Å². The minimum atomic E-state index is 0.159. The molecule has 0 saturated carbocycles. The van der Waals surface area contributed by atoms with Crippen LogP contribution < -0.4 is 5.73 Å². The second-order valence-corrected chi connectivity index (χ2v) is 3.36. The molecule has 3 heteroatoms. The number of allylic oxidation sites excluding steroid dienone is 1. The summed E-state index contributed by atoms with van der Waals surface area (Å²) in [6.07, 6.45) is 3.15. The first-order chi connectivity index (χ1) is 6.66. The van der Waals surface area contributed by atoms with Gasteiger partial charge >= 0.3 is 0 Å². The Labute approximate surface area is 84.2 Å². The van der Waals surface area contributed by atoms with Crippen molar-refractivity contribution in [2.75, 3.05) is 0 Å². The summed E-state index contributed by atoms with van der Waals surface area (Å²) in [6.45, 7) is 3.93. The Morgan fingerprint density at radius 1 is 1.50 bits per heavy atom. The lowest BCUT2D eigenvalue weighted by Crippen LogP contribution is -2.10. The number of pyridine rings is 1. The molecule has 0 aromatic carbocycles. The van der Waals surface area contributed by atoms with Crippen LogP contribution in [-0.4, -0.2) is 10.7 Å². The second-order valence-electron chi connectivity index (χ2n) is 3.36. The predicted octanol–water partition coefficient (Wildman–Crippen LogP) is 2.06. The van der Waals surface area contributed by atoms with Gasteiger partial charge in [0, 0.05) is 23.7 Å². The predicted molar refractivity (Wildman–Crippen MR) is 59.0 cm³/mol. The molecular weight excluding hydrogens is 174 g/mol. The zero-order chi connectivity index (χ0) is 10.6. The Morgan fingerprint density at radius 3 is 2.64 bits per heavy atom. The molecular formula is C11H15N3. The van der Waals surface area contributed by atoms with E-state index >= 15 is 0 Å². The standard InChI is InChI=1S/C11H15N3/c1-8(2)11(13)9(7-12)10-5-3-4-6-14-10/h3-8,13H,12H2,1-2H3/b9-7-,13-11?. The van der Waals surface area contributed by atoms with Crippen molar-refractivity contribution in [2.45, 2.75) is 13.8 Å². The molecule has 0 spiro atoms. The van der Waals surface area contributed by atoms with Gasteiger partial charge in [0.15, 0.2) is 0 Å². The highest BCUT2D eigenvalue weighted by atomic mass is 14.7. The number of aromatic nitrogens is 1. The molecule has 3 N–H and O–H groups in total. The SMILES string of the molecule is CC(C)C(=N)/C(=C\N)c1ccccn1. The van der Waals surface area contributed by atoms with E-state index in [1.807, 2.05) is 32.0 Å². The molecule has 3 nitrogen and oxygen atoms in total. The van der Waals surface area contributed by atoms with Crippen LogP contribution in [0, 0.1) is 11.3 Å². The van der Waals surface area contributed by atoms with E-state index in [0.717, 1.165) is 5.69 Å². The van der Waals surface area contributed by atoms with Gasteiger partial charge in [-0.3, -0.25) is 4.98 Å². The lowest BCUT2D eigenvalue weighted by Gasteiger charge is -2.10. The summed E-state index contributed by atoms with van der Waals surface area (Å²) in [5, 5.41) is 7.85. The van der Waals surface area contributed by atoms with E-state index in [4.69, 9.17) is 11.1 Å². The van der Waals surface area contributed by atoms with Crippen LogP contribution in [0.2, 0.25) is 0 Å². The van der Waals surface area contributed by atoms with E-state index in [9.17, 15) is 0 Å². The fourth-order valence-electron chi connectivity index (χ4n) is 1.15. The van der Waals surface area contributed by atoms with Crippen LogP contribution in [0.3, 0.4) is 0 Å². The molecule has 0 fully saturated rings. The maximum absolute atomic E-state index is 7.85. The van der Waals surface area contributed by atoms with Gasteiger partial charge in [-0.15, -0.1) is 0 Å². The van der Waals surface area contributed by atoms with Gasteiger partial charge in [0.2, 0.25) is 0 Å². The molecule has 1 aromatic rings. The van der Waals surface area contributed by atoms with E-state index in [0.29, 0.717) is 11.3 Å². The monoisotopic (exact) mass is 189 g/mol. The summed E-state index contributed by atoms with van der Waals surface area (Å²) in [5.41, 5.74) is 7.49. The first-order valence-electron chi connectivity index (χ1n) is 4.59. The molecule has 0 aliphatic rings. The Balaban J connectivity index is 3.01. The van der Waals surface area contributed by atoms with Crippen molar-refractivity contribution >= 4 is 11.3 Å². The van der Waals surface area contributed by atoms with Gasteiger partial charge in [-0.05, 0) is 18.1 Å². The van der Waals surface area contributed by atoms with Gasteiger partial charge < -0.3 is 11.1 Å². The highest BCUT2D eigenvalue weighted by molar-refractivity contribution is 6.22. The molecule has 0 aliphatic heterocycles. The van der Waals surface area contributed by atoms with Crippen molar-refractivity contribution in [1.82, 2.24) is 4.98 Å². The van der Waals surface area contributed by atoms with E-state index in [-0.39, 0.29) is 5.92 Å². The summed E-state index contributed by atoms with van der Waals surface area (Å²) in [5.74, 6) is 0.159. The molecule has 1 aromatic heterocycles. The lowest BCUT2D eigenvalue weighted by atomic mass is 9.98. The molecule has 0 bridgehead atoms. The number of nitrogens with zero attached hydrogens (tertiary/aromatic N) is 1. The Kier molecular flexibility index (Phi) is 3.40. The van der Waals surface area contributed by atoms with Crippen molar-refractivity contribution in [3.8, 4) is 0 Å². The highest BCUT2D eigenvalue weighted by Crippen LogP contribution is 2.15. The van der Waals surface area contributed by atoms with Crippen LogP contribution in [0.25, 0.3) is 5.57 Å². The molecule has 0 amide bonds. The number of nitrogens with one attached hydrogen (secondary N) is 1. The molecule has 1 rings (SSSR count). The van der Waals surface area contributed by atoms with Crippen molar-refractivity contribution in [3.63, 3.8) is 0 Å². The smallest absolute Gasteiger partial charge is 0.0734 e. The molecule has 0 aliphatic carbocycles. The summed E-state index contributed by atoms with van der Waals surface area (Å²) < 4.78 is 0. The van der Waals surface area contributed by atoms with Gasteiger partial charge in [0.25, 0.3) is 0 Å². The lowest BCUT2D eigenvalue weighted by molar-refractivity contribution is 0.883. The third-order valence-corrected chi connectivity index (χ3v) is 1.98. The summed E-state index contributed by atoms with van der Waals surface area (Å²) >= 11 is 0. The molecule has 74 valence electrons. The summed E-state index contributed by atoms with van der Waals surface area (Å²) in [6, 6.07) is 5.59. The van der Waals surface area contributed by atoms with E-state index < -0.39 is 0 Å². The minimum Gasteiger partial charge on any atom is -0.404 e. The quantitative estimate of drug-likeness (QED) is 0.715. The Bertz CT molecular complexity index is 339. The number of hydrogen-bond donors (Lipinski definition) is 2. The zero-order valence-electron chi connectivity index (χ0n) is 8.49. The fourth-order valence-corrected chi connectivity index (χ4v) is 1.15. The van der Waals surface area contributed by atoms with Gasteiger partial charge in [0.05, 0.1) is 5.69 Å². The zero-order valence-corrected chi connectivity index (χ0v) is 8.49. The molecule has 0 saturated heterocycles. The summed E-state index contributed by atoms with van der Waals surface area (Å²) in [4.78, 5) is 4.16. The fraction of sp³-hybridized carbons (Fsp3) is 0.273. The third kappa shape index (κ3) is 2.19. The van der Waals surface area contributed by atoms with E-state index in [1.165, 1.54) is 6.20 Å². The number of nitrogens with two attached hydrogens (primary N) is 1. The maximum Gasteiger partial charge on any atom is 0.0734 e. The van der Waals surface area contributed by atoms with Gasteiger partial charge in [0.1, 0.15) is 0 Å².